The molecule has 2 rings (SSSR count). The van der Waals surface area contributed by atoms with Crippen LogP contribution in [0.2, 0.25) is 0 Å². The first-order valence-corrected chi connectivity index (χ1v) is 5.95. The standard InChI is InChI=1S/C13H14S/c1-11-4-2-3-5-13(11)7-6-12-8-9-14-10-12/h2-7,10H,8-9H2,1H3/b7-6+. The molecule has 0 fully saturated rings. The molecule has 1 aromatic rings. The average molecular weight is 202 g/mol. The molecule has 1 heteroatoms. The molecular formula is C13H14S. The summed E-state index contributed by atoms with van der Waals surface area (Å²) in [6.07, 6.45) is 5.67. The zero-order valence-electron chi connectivity index (χ0n) is 8.36. The van der Waals surface area contributed by atoms with Crippen molar-refractivity contribution in [3.05, 3.63) is 52.4 Å². The largest absolute Gasteiger partial charge is 0.134 e. The highest BCUT2D eigenvalue weighted by molar-refractivity contribution is 8.02. The van der Waals surface area contributed by atoms with E-state index in [1.807, 2.05) is 11.8 Å². The highest BCUT2D eigenvalue weighted by Crippen LogP contribution is 2.23. The normalized spacial score (nSPS) is 16.2. The Hall–Kier alpha value is -0.950. The molecule has 0 bridgehead atoms. The lowest BCUT2D eigenvalue weighted by atomic mass is 10.1. The Morgan fingerprint density at radius 1 is 1.21 bits per heavy atom. The summed E-state index contributed by atoms with van der Waals surface area (Å²) in [5, 5.41) is 2.26. The van der Waals surface area contributed by atoms with Gasteiger partial charge in [-0.25, -0.2) is 0 Å². The number of aryl methyl sites for hydroxylation is 1. The van der Waals surface area contributed by atoms with Gasteiger partial charge < -0.3 is 0 Å². The van der Waals surface area contributed by atoms with E-state index in [0.717, 1.165) is 0 Å². The molecule has 0 atom stereocenters. The third-order valence-corrected chi connectivity index (χ3v) is 3.32. The molecule has 1 aromatic carbocycles. The van der Waals surface area contributed by atoms with Gasteiger partial charge in [0, 0.05) is 5.75 Å². The van der Waals surface area contributed by atoms with Gasteiger partial charge in [-0.05, 0) is 35.5 Å². The van der Waals surface area contributed by atoms with Crippen molar-refractivity contribution in [2.24, 2.45) is 0 Å². The molecule has 0 aromatic heterocycles. The zero-order valence-corrected chi connectivity index (χ0v) is 9.18. The molecule has 14 heavy (non-hydrogen) atoms. The minimum Gasteiger partial charge on any atom is -0.134 e. The monoisotopic (exact) mass is 202 g/mol. The third kappa shape index (κ3) is 2.30. The smallest absolute Gasteiger partial charge is 0.00148 e. The summed E-state index contributed by atoms with van der Waals surface area (Å²) in [5.74, 6) is 1.24. The summed E-state index contributed by atoms with van der Waals surface area (Å²) < 4.78 is 0. The SMILES string of the molecule is Cc1ccccc1/C=C/C1=CSCC1. The Bertz CT molecular complexity index is 375. The number of thioether (sulfide) groups is 1. The molecule has 72 valence electrons. The van der Waals surface area contributed by atoms with Crippen molar-refractivity contribution in [2.45, 2.75) is 13.3 Å². The number of hydrogen-bond donors (Lipinski definition) is 0. The minimum absolute atomic E-state index is 1.22. The fourth-order valence-electron chi connectivity index (χ4n) is 1.49. The van der Waals surface area contributed by atoms with E-state index in [0.29, 0.717) is 0 Å². The van der Waals surface area contributed by atoms with Crippen molar-refractivity contribution in [2.75, 3.05) is 5.75 Å². The van der Waals surface area contributed by atoms with Gasteiger partial charge >= 0.3 is 0 Å². The number of allylic oxidation sites excluding steroid dienone is 2. The van der Waals surface area contributed by atoms with Crippen LogP contribution in [0, 0.1) is 6.92 Å². The number of hydrogen-bond acceptors (Lipinski definition) is 1. The molecular weight excluding hydrogens is 188 g/mol. The van der Waals surface area contributed by atoms with Crippen LogP contribution < -0.4 is 0 Å². The van der Waals surface area contributed by atoms with E-state index >= 15 is 0 Å². The Morgan fingerprint density at radius 3 is 2.79 bits per heavy atom. The van der Waals surface area contributed by atoms with Gasteiger partial charge in [-0.15, -0.1) is 11.8 Å². The van der Waals surface area contributed by atoms with Crippen LogP contribution in [0.1, 0.15) is 17.5 Å². The second-order valence-electron chi connectivity index (χ2n) is 3.50. The minimum atomic E-state index is 1.22. The molecule has 0 radical (unpaired) electrons. The zero-order chi connectivity index (χ0) is 9.80. The van der Waals surface area contributed by atoms with Crippen molar-refractivity contribution in [1.29, 1.82) is 0 Å². The first-order valence-electron chi connectivity index (χ1n) is 4.90. The second-order valence-corrected chi connectivity index (χ2v) is 4.48. The average Bonchev–Trinajstić information content (AvgIpc) is 2.69. The lowest BCUT2D eigenvalue weighted by Crippen LogP contribution is -1.79. The lowest BCUT2D eigenvalue weighted by Gasteiger charge is -1.98. The summed E-state index contributed by atoms with van der Waals surface area (Å²) in [5.41, 5.74) is 4.12. The number of rotatable bonds is 2. The molecule has 0 N–H and O–H groups in total. The predicted octanol–water partition coefficient (Wildman–Crippen LogP) is 4.03. The van der Waals surface area contributed by atoms with E-state index in [-0.39, 0.29) is 0 Å². The van der Waals surface area contributed by atoms with Crippen molar-refractivity contribution in [1.82, 2.24) is 0 Å². The Labute approximate surface area is 89.7 Å². The van der Waals surface area contributed by atoms with E-state index < -0.39 is 0 Å². The van der Waals surface area contributed by atoms with Gasteiger partial charge in [0.05, 0.1) is 0 Å². The van der Waals surface area contributed by atoms with Crippen molar-refractivity contribution < 1.29 is 0 Å². The highest BCUT2D eigenvalue weighted by atomic mass is 32.2. The molecule has 1 aliphatic heterocycles. The fraction of sp³-hybridized carbons (Fsp3) is 0.231. The molecule has 0 aliphatic carbocycles. The molecule has 1 aliphatic rings. The van der Waals surface area contributed by atoms with E-state index in [4.69, 9.17) is 0 Å². The summed E-state index contributed by atoms with van der Waals surface area (Å²) >= 11 is 1.91. The molecule has 0 spiro atoms. The lowest BCUT2D eigenvalue weighted by molar-refractivity contribution is 1.20. The summed E-state index contributed by atoms with van der Waals surface area (Å²) in [4.78, 5) is 0. The topological polar surface area (TPSA) is 0 Å². The van der Waals surface area contributed by atoms with Crippen LogP contribution in [0.25, 0.3) is 6.08 Å². The summed E-state index contributed by atoms with van der Waals surface area (Å²) in [6.45, 7) is 2.15. The van der Waals surface area contributed by atoms with E-state index in [1.54, 1.807) is 0 Å². The number of benzene rings is 1. The second kappa shape index (κ2) is 4.52. The van der Waals surface area contributed by atoms with Crippen LogP contribution in [0.15, 0.2) is 41.3 Å². The molecule has 0 amide bonds. The Kier molecular flexibility index (Phi) is 3.10. The predicted molar refractivity (Wildman–Crippen MR) is 65.4 cm³/mol. The van der Waals surface area contributed by atoms with Crippen LogP contribution >= 0.6 is 11.8 Å². The summed E-state index contributed by atoms with van der Waals surface area (Å²) in [7, 11) is 0. The molecule has 0 unspecified atom stereocenters. The van der Waals surface area contributed by atoms with Gasteiger partial charge in [0.2, 0.25) is 0 Å². The van der Waals surface area contributed by atoms with Crippen molar-refractivity contribution in [3.8, 4) is 0 Å². The van der Waals surface area contributed by atoms with Gasteiger partial charge in [0.15, 0.2) is 0 Å². The Balaban J connectivity index is 2.13. The maximum Gasteiger partial charge on any atom is 0.00148 e. The first kappa shape index (κ1) is 9.60. The van der Waals surface area contributed by atoms with E-state index in [1.165, 1.54) is 28.9 Å². The first-order chi connectivity index (χ1) is 6.86. The van der Waals surface area contributed by atoms with Crippen LogP contribution in [0.3, 0.4) is 0 Å². The van der Waals surface area contributed by atoms with Gasteiger partial charge in [0.1, 0.15) is 0 Å². The van der Waals surface area contributed by atoms with Gasteiger partial charge in [-0.2, -0.15) is 0 Å². The van der Waals surface area contributed by atoms with E-state index in [2.05, 4.69) is 48.7 Å². The molecule has 0 nitrogen and oxygen atoms in total. The van der Waals surface area contributed by atoms with Gasteiger partial charge in [-0.3, -0.25) is 0 Å². The van der Waals surface area contributed by atoms with Crippen LogP contribution in [-0.4, -0.2) is 5.75 Å². The molecule has 1 heterocycles. The van der Waals surface area contributed by atoms with Crippen molar-refractivity contribution >= 4 is 17.8 Å². The van der Waals surface area contributed by atoms with Crippen LogP contribution in [-0.2, 0) is 0 Å². The molecule has 0 saturated carbocycles. The molecule has 0 saturated heterocycles. The van der Waals surface area contributed by atoms with E-state index in [9.17, 15) is 0 Å². The fourth-order valence-corrected chi connectivity index (χ4v) is 2.38. The van der Waals surface area contributed by atoms with Crippen LogP contribution in [0.5, 0.6) is 0 Å². The highest BCUT2D eigenvalue weighted by Gasteiger charge is 2.00. The van der Waals surface area contributed by atoms with Gasteiger partial charge in [-0.1, -0.05) is 36.4 Å². The quantitative estimate of drug-likeness (QED) is 0.697. The third-order valence-electron chi connectivity index (χ3n) is 2.41. The summed E-state index contributed by atoms with van der Waals surface area (Å²) in [6, 6.07) is 8.48. The Morgan fingerprint density at radius 2 is 2.07 bits per heavy atom. The van der Waals surface area contributed by atoms with Crippen molar-refractivity contribution in [3.63, 3.8) is 0 Å². The van der Waals surface area contributed by atoms with Gasteiger partial charge in [0.25, 0.3) is 0 Å². The maximum absolute atomic E-state index is 2.26. The maximum atomic E-state index is 2.26. The van der Waals surface area contributed by atoms with Crippen LogP contribution in [0.4, 0.5) is 0 Å².